The summed E-state index contributed by atoms with van der Waals surface area (Å²) in [5.41, 5.74) is 1.95. The van der Waals surface area contributed by atoms with E-state index in [0.717, 1.165) is 30.1 Å². The molecule has 0 spiro atoms. The van der Waals surface area contributed by atoms with E-state index < -0.39 is 0 Å². The molecule has 4 rings (SSSR count). The molecule has 1 aliphatic heterocycles. The van der Waals surface area contributed by atoms with E-state index >= 15 is 0 Å². The van der Waals surface area contributed by atoms with Gasteiger partial charge in [0.2, 0.25) is 5.95 Å². The number of anilines is 1. The highest BCUT2D eigenvalue weighted by Gasteiger charge is 2.24. The molecule has 2 atom stereocenters. The highest BCUT2D eigenvalue weighted by atomic mass is 32.1. The number of hydrogen-bond acceptors (Lipinski definition) is 9. The fourth-order valence-corrected chi connectivity index (χ4v) is 3.83. The zero-order valence-corrected chi connectivity index (χ0v) is 16.0. The number of piperazine rings is 1. The van der Waals surface area contributed by atoms with Crippen molar-refractivity contribution in [1.29, 1.82) is 0 Å². The molecule has 3 aromatic rings. The molecule has 1 fully saturated rings. The molecule has 140 valence electrons. The van der Waals surface area contributed by atoms with Crippen molar-refractivity contribution in [3.8, 4) is 27.6 Å². The minimum absolute atomic E-state index is 0.119. The van der Waals surface area contributed by atoms with Crippen LogP contribution in [0, 0.1) is 0 Å². The van der Waals surface area contributed by atoms with Crippen LogP contribution in [-0.2, 0) is 0 Å². The van der Waals surface area contributed by atoms with Gasteiger partial charge < -0.3 is 15.3 Å². The molecule has 0 saturated carbocycles. The van der Waals surface area contributed by atoms with E-state index in [1.54, 1.807) is 18.3 Å². The number of aromatic nitrogens is 5. The molecule has 27 heavy (non-hydrogen) atoms. The SMILES string of the molecule is CC[C@@H]1CN(c2ncc(-c3ccc(-c4ncns4)cc3O)nn2)C[C@H](C)N1. The van der Waals surface area contributed by atoms with Gasteiger partial charge in [-0.15, -0.1) is 10.2 Å². The number of phenolic OH excluding ortho intramolecular Hbond substituents is 1. The highest BCUT2D eigenvalue weighted by molar-refractivity contribution is 7.09. The van der Waals surface area contributed by atoms with Crippen molar-refractivity contribution in [2.45, 2.75) is 32.4 Å². The van der Waals surface area contributed by atoms with Gasteiger partial charge in [-0.25, -0.2) is 9.97 Å². The number of rotatable bonds is 4. The van der Waals surface area contributed by atoms with Crippen LogP contribution in [0.4, 0.5) is 5.95 Å². The molecule has 8 nitrogen and oxygen atoms in total. The molecule has 2 aromatic heterocycles. The Morgan fingerprint density at radius 3 is 2.81 bits per heavy atom. The van der Waals surface area contributed by atoms with Gasteiger partial charge >= 0.3 is 0 Å². The van der Waals surface area contributed by atoms with E-state index in [4.69, 9.17) is 0 Å². The zero-order chi connectivity index (χ0) is 18.8. The first kappa shape index (κ1) is 17.7. The maximum atomic E-state index is 10.4. The molecule has 0 unspecified atom stereocenters. The molecular weight excluding hydrogens is 362 g/mol. The van der Waals surface area contributed by atoms with Crippen LogP contribution in [0.25, 0.3) is 21.8 Å². The van der Waals surface area contributed by atoms with Crippen LogP contribution in [0.3, 0.4) is 0 Å². The van der Waals surface area contributed by atoms with Crippen molar-refractivity contribution in [2.75, 3.05) is 18.0 Å². The second-order valence-electron chi connectivity index (χ2n) is 6.70. The van der Waals surface area contributed by atoms with Crippen molar-refractivity contribution < 1.29 is 5.11 Å². The van der Waals surface area contributed by atoms with Gasteiger partial charge in [-0.3, -0.25) is 0 Å². The predicted octanol–water partition coefficient (Wildman–Crippen LogP) is 2.34. The van der Waals surface area contributed by atoms with Crippen molar-refractivity contribution in [1.82, 2.24) is 29.9 Å². The van der Waals surface area contributed by atoms with Crippen LogP contribution in [0.15, 0.2) is 30.7 Å². The fourth-order valence-electron chi connectivity index (χ4n) is 3.31. The number of aromatic hydroxyl groups is 1. The molecule has 1 saturated heterocycles. The van der Waals surface area contributed by atoms with Gasteiger partial charge in [0, 0.05) is 36.3 Å². The summed E-state index contributed by atoms with van der Waals surface area (Å²) in [5, 5.41) is 23.3. The van der Waals surface area contributed by atoms with Crippen LogP contribution in [0.1, 0.15) is 20.3 Å². The lowest BCUT2D eigenvalue weighted by molar-refractivity contribution is 0.376. The summed E-state index contributed by atoms with van der Waals surface area (Å²) < 4.78 is 3.99. The highest BCUT2D eigenvalue weighted by Crippen LogP contribution is 2.32. The van der Waals surface area contributed by atoms with Crippen LogP contribution < -0.4 is 10.2 Å². The minimum Gasteiger partial charge on any atom is -0.507 e. The van der Waals surface area contributed by atoms with E-state index in [9.17, 15) is 5.11 Å². The quantitative estimate of drug-likeness (QED) is 0.708. The van der Waals surface area contributed by atoms with Gasteiger partial charge in [0.15, 0.2) is 0 Å². The third-order valence-electron chi connectivity index (χ3n) is 4.66. The zero-order valence-electron chi connectivity index (χ0n) is 15.2. The van der Waals surface area contributed by atoms with E-state index in [-0.39, 0.29) is 5.75 Å². The molecule has 9 heteroatoms. The van der Waals surface area contributed by atoms with Gasteiger partial charge in [0.25, 0.3) is 0 Å². The molecular formula is C18H21N7OS. The molecule has 0 amide bonds. The number of benzene rings is 1. The van der Waals surface area contributed by atoms with Crippen LogP contribution in [0.5, 0.6) is 5.75 Å². The minimum atomic E-state index is 0.119. The molecule has 0 bridgehead atoms. The maximum absolute atomic E-state index is 10.4. The Morgan fingerprint density at radius 2 is 2.15 bits per heavy atom. The first-order valence-corrected chi connectivity index (χ1v) is 9.72. The van der Waals surface area contributed by atoms with Crippen LogP contribution >= 0.6 is 11.5 Å². The summed E-state index contributed by atoms with van der Waals surface area (Å²) in [5.74, 6) is 0.740. The number of phenols is 1. The standard InChI is InChI=1S/C18H21N7OS/c1-3-13-9-25(8-11(2)22-13)18-19-7-15(23-24-18)14-5-4-12(6-16(14)26)17-20-10-21-27-17/h4-7,10-11,13,22,26H,3,8-9H2,1-2H3/t11-,13+/m0/s1. The lowest BCUT2D eigenvalue weighted by Gasteiger charge is -2.37. The Labute approximate surface area is 161 Å². The van der Waals surface area contributed by atoms with Gasteiger partial charge in [0.05, 0.1) is 6.20 Å². The van der Waals surface area contributed by atoms with Gasteiger partial charge in [0.1, 0.15) is 22.8 Å². The predicted molar refractivity (Wildman–Crippen MR) is 105 cm³/mol. The third kappa shape index (κ3) is 3.74. The Bertz CT molecular complexity index is 901. The first-order valence-electron chi connectivity index (χ1n) is 8.95. The number of hydrogen-bond donors (Lipinski definition) is 2. The molecule has 3 heterocycles. The summed E-state index contributed by atoms with van der Waals surface area (Å²) in [4.78, 5) is 10.8. The number of nitrogens with zero attached hydrogens (tertiary/aromatic N) is 6. The van der Waals surface area contributed by atoms with Gasteiger partial charge in [-0.2, -0.15) is 4.37 Å². The average Bonchev–Trinajstić information content (AvgIpc) is 3.22. The topological polar surface area (TPSA) is 100.0 Å². The van der Waals surface area contributed by atoms with Crippen molar-refractivity contribution in [3.05, 3.63) is 30.7 Å². The van der Waals surface area contributed by atoms with E-state index in [1.807, 2.05) is 6.07 Å². The van der Waals surface area contributed by atoms with Gasteiger partial charge in [-0.05, 0) is 37.0 Å². The monoisotopic (exact) mass is 383 g/mol. The number of nitrogens with one attached hydrogen (secondary N) is 1. The summed E-state index contributed by atoms with van der Waals surface area (Å²) in [6.45, 7) is 6.04. The van der Waals surface area contributed by atoms with Crippen LogP contribution in [-0.4, -0.2) is 54.8 Å². The van der Waals surface area contributed by atoms with E-state index in [0.29, 0.717) is 29.3 Å². The molecule has 0 radical (unpaired) electrons. The Hall–Kier alpha value is -2.65. The largest absolute Gasteiger partial charge is 0.507 e. The molecule has 1 aromatic carbocycles. The summed E-state index contributed by atoms with van der Waals surface area (Å²) >= 11 is 1.28. The van der Waals surface area contributed by atoms with Gasteiger partial charge in [-0.1, -0.05) is 13.0 Å². The fraction of sp³-hybridized carbons (Fsp3) is 0.389. The third-order valence-corrected chi connectivity index (χ3v) is 5.38. The van der Waals surface area contributed by atoms with Crippen LogP contribution in [0.2, 0.25) is 0 Å². The average molecular weight is 383 g/mol. The lowest BCUT2D eigenvalue weighted by Crippen LogP contribution is -2.55. The first-order chi connectivity index (χ1) is 13.1. The van der Waals surface area contributed by atoms with Crippen molar-refractivity contribution in [2.24, 2.45) is 0 Å². The Kier molecular flexibility index (Phi) is 4.95. The molecule has 1 aliphatic rings. The maximum Gasteiger partial charge on any atom is 0.245 e. The second kappa shape index (κ2) is 7.53. The molecule has 2 N–H and O–H groups in total. The second-order valence-corrected chi connectivity index (χ2v) is 7.48. The summed E-state index contributed by atoms with van der Waals surface area (Å²) in [6.07, 6.45) is 4.22. The lowest BCUT2D eigenvalue weighted by atomic mass is 10.1. The molecule has 0 aliphatic carbocycles. The van der Waals surface area contributed by atoms with E-state index in [2.05, 4.69) is 48.6 Å². The van der Waals surface area contributed by atoms with Crippen molar-refractivity contribution in [3.63, 3.8) is 0 Å². The smallest absolute Gasteiger partial charge is 0.245 e. The van der Waals surface area contributed by atoms with Crippen molar-refractivity contribution >= 4 is 17.5 Å². The Balaban J connectivity index is 1.55. The summed E-state index contributed by atoms with van der Waals surface area (Å²) in [6, 6.07) is 6.15. The van der Waals surface area contributed by atoms with E-state index in [1.165, 1.54) is 17.9 Å². The summed E-state index contributed by atoms with van der Waals surface area (Å²) in [7, 11) is 0. The Morgan fingerprint density at radius 1 is 1.26 bits per heavy atom. The normalized spacial score (nSPS) is 20.0.